The molecule has 1 aromatic heterocycles. The standard InChI is InChI=1S/C11H9IN2O3S/c1-18(15,16)10-4-2-3-9(5-10)17-11-13-6-8(12)7-14-11/h2-7H,1H3. The van der Waals surface area contributed by atoms with Gasteiger partial charge in [-0.3, -0.25) is 0 Å². The zero-order valence-electron chi connectivity index (χ0n) is 9.37. The van der Waals surface area contributed by atoms with Gasteiger partial charge in [0, 0.05) is 22.2 Å². The molecule has 0 saturated heterocycles. The zero-order valence-corrected chi connectivity index (χ0v) is 12.3. The maximum absolute atomic E-state index is 11.4. The van der Waals surface area contributed by atoms with E-state index >= 15 is 0 Å². The average Bonchev–Trinajstić information content (AvgIpc) is 2.31. The van der Waals surface area contributed by atoms with Gasteiger partial charge in [0.2, 0.25) is 0 Å². The van der Waals surface area contributed by atoms with Crippen LogP contribution in [-0.4, -0.2) is 24.6 Å². The molecule has 0 unspecified atom stereocenters. The first-order chi connectivity index (χ1) is 8.45. The van der Waals surface area contributed by atoms with Gasteiger partial charge in [-0.1, -0.05) is 6.07 Å². The third-order valence-corrected chi connectivity index (χ3v) is 3.71. The van der Waals surface area contributed by atoms with Crippen LogP contribution < -0.4 is 4.74 Å². The molecule has 0 bridgehead atoms. The SMILES string of the molecule is CS(=O)(=O)c1cccc(Oc2ncc(I)cn2)c1. The molecule has 0 radical (unpaired) electrons. The fraction of sp³-hybridized carbons (Fsp3) is 0.0909. The van der Waals surface area contributed by atoms with Crippen LogP contribution in [0.15, 0.2) is 41.6 Å². The molecular weight excluding hydrogens is 367 g/mol. The first-order valence-corrected chi connectivity index (χ1v) is 7.88. The molecule has 2 aromatic rings. The van der Waals surface area contributed by atoms with Crippen molar-refractivity contribution in [1.82, 2.24) is 9.97 Å². The van der Waals surface area contributed by atoms with E-state index in [4.69, 9.17) is 4.74 Å². The van der Waals surface area contributed by atoms with Crippen molar-refractivity contribution in [2.45, 2.75) is 4.90 Å². The lowest BCUT2D eigenvalue weighted by molar-refractivity contribution is 0.440. The molecule has 0 fully saturated rings. The Hall–Kier alpha value is -1.22. The van der Waals surface area contributed by atoms with Crippen LogP contribution in [0.1, 0.15) is 0 Å². The third-order valence-electron chi connectivity index (χ3n) is 2.04. The van der Waals surface area contributed by atoms with Gasteiger partial charge < -0.3 is 4.74 Å². The van der Waals surface area contributed by atoms with Crippen LogP contribution in [0.2, 0.25) is 0 Å². The number of ether oxygens (including phenoxy) is 1. The van der Waals surface area contributed by atoms with Crippen LogP contribution >= 0.6 is 22.6 Å². The van der Waals surface area contributed by atoms with E-state index < -0.39 is 9.84 Å². The summed E-state index contributed by atoms with van der Waals surface area (Å²) < 4.78 is 29.1. The monoisotopic (exact) mass is 376 g/mol. The number of rotatable bonds is 3. The highest BCUT2D eigenvalue weighted by Gasteiger charge is 2.08. The molecule has 2 rings (SSSR count). The molecule has 0 atom stereocenters. The summed E-state index contributed by atoms with van der Waals surface area (Å²) in [6.45, 7) is 0. The molecule has 1 aromatic carbocycles. The Bertz CT molecular complexity index is 656. The Kier molecular flexibility index (Phi) is 3.81. The van der Waals surface area contributed by atoms with Crippen molar-refractivity contribution in [2.75, 3.05) is 6.26 Å². The minimum absolute atomic E-state index is 0.182. The number of sulfone groups is 1. The molecule has 18 heavy (non-hydrogen) atoms. The molecule has 0 aliphatic rings. The van der Waals surface area contributed by atoms with Gasteiger partial charge in [-0.25, -0.2) is 18.4 Å². The van der Waals surface area contributed by atoms with E-state index in [-0.39, 0.29) is 10.9 Å². The molecular formula is C11H9IN2O3S. The van der Waals surface area contributed by atoms with Gasteiger partial charge in [0.05, 0.1) is 4.90 Å². The summed E-state index contributed by atoms with van der Waals surface area (Å²) in [4.78, 5) is 8.15. The lowest BCUT2D eigenvalue weighted by Gasteiger charge is -2.05. The maximum Gasteiger partial charge on any atom is 0.321 e. The normalized spacial score (nSPS) is 11.2. The van der Waals surface area contributed by atoms with Crippen molar-refractivity contribution in [1.29, 1.82) is 0 Å². The second-order valence-electron chi connectivity index (χ2n) is 3.53. The van der Waals surface area contributed by atoms with E-state index in [0.717, 1.165) is 9.83 Å². The summed E-state index contributed by atoms with van der Waals surface area (Å²) in [5, 5.41) is 0. The van der Waals surface area contributed by atoms with Gasteiger partial charge >= 0.3 is 6.01 Å². The predicted octanol–water partition coefficient (Wildman–Crippen LogP) is 2.28. The van der Waals surface area contributed by atoms with Gasteiger partial charge in [-0.15, -0.1) is 0 Å². The van der Waals surface area contributed by atoms with E-state index in [2.05, 4.69) is 32.6 Å². The van der Waals surface area contributed by atoms with Crippen LogP contribution in [0.3, 0.4) is 0 Å². The summed E-state index contributed by atoms with van der Waals surface area (Å²) in [6, 6.07) is 6.39. The molecule has 1 heterocycles. The van der Waals surface area contributed by atoms with Crippen LogP contribution in [0, 0.1) is 3.57 Å². The summed E-state index contributed by atoms with van der Waals surface area (Å²) in [5.74, 6) is 0.388. The molecule has 0 N–H and O–H groups in total. The van der Waals surface area contributed by atoms with Crippen LogP contribution in [0.5, 0.6) is 11.8 Å². The molecule has 0 spiro atoms. The minimum atomic E-state index is -3.25. The van der Waals surface area contributed by atoms with Crippen LogP contribution in [-0.2, 0) is 9.84 Å². The van der Waals surface area contributed by atoms with Crippen molar-refractivity contribution < 1.29 is 13.2 Å². The summed E-state index contributed by atoms with van der Waals surface area (Å²) in [5.41, 5.74) is 0. The number of hydrogen-bond acceptors (Lipinski definition) is 5. The van der Waals surface area contributed by atoms with Crippen molar-refractivity contribution in [2.24, 2.45) is 0 Å². The molecule has 0 aliphatic carbocycles. The summed E-state index contributed by atoms with van der Waals surface area (Å²) in [7, 11) is -3.25. The Morgan fingerprint density at radius 2 is 1.89 bits per heavy atom. The van der Waals surface area contributed by atoms with Crippen molar-refractivity contribution >= 4 is 32.4 Å². The van der Waals surface area contributed by atoms with E-state index in [0.29, 0.717) is 5.75 Å². The number of benzene rings is 1. The molecule has 0 amide bonds. The minimum Gasteiger partial charge on any atom is -0.424 e. The Balaban J connectivity index is 2.27. The molecule has 0 saturated carbocycles. The number of hydrogen-bond donors (Lipinski definition) is 0. The van der Waals surface area contributed by atoms with E-state index in [1.165, 1.54) is 12.1 Å². The third kappa shape index (κ3) is 3.39. The molecule has 5 nitrogen and oxygen atoms in total. The highest BCUT2D eigenvalue weighted by molar-refractivity contribution is 14.1. The Labute approximate surface area is 118 Å². The van der Waals surface area contributed by atoms with Crippen LogP contribution in [0.25, 0.3) is 0 Å². The van der Waals surface area contributed by atoms with Crippen molar-refractivity contribution in [3.63, 3.8) is 0 Å². The lowest BCUT2D eigenvalue weighted by atomic mass is 10.3. The number of aromatic nitrogens is 2. The largest absolute Gasteiger partial charge is 0.424 e. The summed E-state index contributed by atoms with van der Waals surface area (Å²) >= 11 is 2.08. The topological polar surface area (TPSA) is 69.2 Å². The molecule has 0 aliphatic heterocycles. The predicted molar refractivity (Wildman–Crippen MR) is 74.4 cm³/mol. The lowest BCUT2D eigenvalue weighted by Crippen LogP contribution is -1.98. The quantitative estimate of drug-likeness (QED) is 0.769. The van der Waals surface area contributed by atoms with E-state index in [1.54, 1.807) is 24.5 Å². The fourth-order valence-corrected chi connectivity index (χ4v) is 2.16. The number of halogens is 1. The Morgan fingerprint density at radius 1 is 1.22 bits per heavy atom. The van der Waals surface area contributed by atoms with Gasteiger partial charge in [-0.05, 0) is 40.8 Å². The summed E-state index contributed by atoms with van der Waals surface area (Å²) in [6.07, 6.45) is 4.38. The average molecular weight is 376 g/mol. The van der Waals surface area contributed by atoms with E-state index in [1.807, 2.05) is 0 Å². The van der Waals surface area contributed by atoms with Gasteiger partial charge in [-0.2, -0.15) is 0 Å². The van der Waals surface area contributed by atoms with Gasteiger partial charge in [0.1, 0.15) is 5.75 Å². The van der Waals surface area contributed by atoms with Crippen molar-refractivity contribution in [3.8, 4) is 11.8 Å². The van der Waals surface area contributed by atoms with E-state index in [9.17, 15) is 8.42 Å². The highest BCUT2D eigenvalue weighted by Crippen LogP contribution is 2.21. The van der Waals surface area contributed by atoms with Gasteiger partial charge in [0.15, 0.2) is 9.84 Å². The maximum atomic E-state index is 11.4. The van der Waals surface area contributed by atoms with Crippen molar-refractivity contribution in [3.05, 3.63) is 40.2 Å². The fourth-order valence-electron chi connectivity index (χ4n) is 1.23. The van der Waals surface area contributed by atoms with Crippen LogP contribution in [0.4, 0.5) is 0 Å². The smallest absolute Gasteiger partial charge is 0.321 e. The first kappa shape index (κ1) is 13.2. The second-order valence-corrected chi connectivity index (χ2v) is 6.79. The molecule has 94 valence electrons. The first-order valence-electron chi connectivity index (χ1n) is 4.91. The second kappa shape index (κ2) is 5.19. The zero-order chi connectivity index (χ0) is 13.2. The Morgan fingerprint density at radius 3 is 2.50 bits per heavy atom. The van der Waals surface area contributed by atoms with Gasteiger partial charge in [0.25, 0.3) is 0 Å². The highest BCUT2D eigenvalue weighted by atomic mass is 127. The molecule has 7 heteroatoms. The number of nitrogens with zero attached hydrogens (tertiary/aromatic N) is 2.